The lowest BCUT2D eigenvalue weighted by molar-refractivity contribution is 1.10. The lowest BCUT2D eigenvalue weighted by Crippen LogP contribution is -1.93. The summed E-state index contributed by atoms with van der Waals surface area (Å²) in [6.07, 6.45) is 0. The highest BCUT2D eigenvalue weighted by atomic mass is 14.9. The summed E-state index contributed by atoms with van der Waals surface area (Å²) >= 11 is 0. The van der Waals surface area contributed by atoms with E-state index in [2.05, 4.69) is 158 Å². The van der Waals surface area contributed by atoms with Crippen LogP contribution in [0, 0.1) is 27.7 Å². The Kier molecular flexibility index (Phi) is 13.0. The molecule has 1 heterocycles. The minimum absolute atomic E-state index is 0.808. The number of aromatic nitrogens is 2. The molecular formula is C48H44N2. The van der Waals surface area contributed by atoms with E-state index >= 15 is 0 Å². The molecule has 0 unspecified atom stereocenters. The molecule has 2 nitrogen and oxygen atoms in total. The van der Waals surface area contributed by atoms with Crippen molar-refractivity contribution in [2.75, 3.05) is 0 Å². The highest BCUT2D eigenvalue weighted by Crippen LogP contribution is 2.25. The highest BCUT2D eigenvalue weighted by Gasteiger charge is 2.06. The average molecular weight is 649 g/mol. The van der Waals surface area contributed by atoms with E-state index in [1.807, 2.05) is 73.7 Å². The van der Waals surface area contributed by atoms with E-state index in [-0.39, 0.29) is 0 Å². The molecule has 0 fully saturated rings. The highest BCUT2D eigenvalue weighted by molar-refractivity contribution is 5.92. The molecule has 0 atom stereocenters. The Morgan fingerprint density at radius 2 is 0.720 bits per heavy atom. The average Bonchev–Trinajstić information content (AvgIpc) is 3.17. The molecular weight excluding hydrogens is 605 g/mol. The Bertz CT molecular complexity index is 2160. The number of rotatable bonds is 3. The van der Waals surface area contributed by atoms with E-state index in [0.717, 1.165) is 28.0 Å². The maximum Gasteiger partial charge on any atom is 0.126 e. The minimum atomic E-state index is 0.808. The third kappa shape index (κ3) is 10.7. The number of hydrogen-bond donors (Lipinski definition) is 0. The fourth-order valence-corrected chi connectivity index (χ4v) is 5.38. The molecule has 0 aliphatic carbocycles. The van der Waals surface area contributed by atoms with Gasteiger partial charge in [0.25, 0.3) is 0 Å². The Morgan fingerprint density at radius 1 is 0.300 bits per heavy atom. The summed E-state index contributed by atoms with van der Waals surface area (Å²) < 4.78 is 0. The van der Waals surface area contributed by atoms with Crippen molar-refractivity contribution in [1.82, 2.24) is 9.97 Å². The standard InChI is InChI=1S/C15H12N2.2C13H12.C7H8/c1-11-16-14-10-6-5-9-13(14)15(17-11)12-7-3-2-4-8-12;1-11-6-5-9-13(10-11)12-7-3-2-4-8-12;1-11-7-9-13(10-8-11)12-5-3-2-4-6-12;1-7-5-3-2-4-6-7/h2-10H,1H3;2*2-10H,1H3;2-6H,1H3. The number of para-hydroxylation sites is 1. The van der Waals surface area contributed by atoms with E-state index in [1.54, 1.807) is 0 Å². The van der Waals surface area contributed by atoms with E-state index in [0.29, 0.717) is 0 Å². The monoisotopic (exact) mass is 648 g/mol. The fourth-order valence-electron chi connectivity index (χ4n) is 5.38. The van der Waals surface area contributed by atoms with Crippen molar-refractivity contribution in [3.63, 3.8) is 0 Å². The molecule has 0 aliphatic rings. The van der Waals surface area contributed by atoms with Crippen LogP contribution in [0.15, 0.2) is 194 Å². The molecule has 0 amide bonds. The predicted molar refractivity (Wildman–Crippen MR) is 214 cm³/mol. The van der Waals surface area contributed by atoms with Gasteiger partial charge in [-0.25, -0.2) is 9.97 Å². The lowest BCUT2D eigenvalue weighted by atomic mass is 10.0. The Balaban J connectivity index is 0.000000135. The molecule has 0 saturated heterocycles. The molecule has 8 aromatic rings. The van der Waals surface area contributed by atoms with Gasteiger partial charge < -0.3 is 0 Å². The van der Waals surface area contributed by atoms with Gasteiger partial charge in [-0.3, -0.25) is 0 Å². The third-order valence-corrected chi connectivity index (χ3v) is 7.99. The van der Waals surface area contributed by atoms with Gasteiger partial charge in [-0.2, -0.15) is 0 Å². The second-order valence-corrected chi connectivity index (χ2v) is 12.1. The van der Waals surface area contributed by atoms with Crippen molar-refractivity contribution >= 4 is 10.9 Å². The minimum Gasteiger partial charge on any atom is -0.233 e. The van der Waals surface area contributed by atoms with Crippen LogP contribution in [0.3, 0.4) is 0 Å². The molecule has 246 valence electrons. The van der Waals surface area contributed by atoms with Crippen LogP contribution in [0.5, 0.6) is 0 Å². The van der Waals surface area contributed by atoms with Gasteiger partial charge in [0.05, 0.1) is 11.2 Å². The van der Waals surface area contributed by atoms with Crippen LogP contribution in [0.2, 0.25) is 0 Å². The summed E-state index contributed by atoms with van der Waals surface area (Å²) in [6.45, 7) is 8.24. The number of nitrogens with zero attached hydrogens (tertiary/aromatic N) is 2. The summed E-state index contributed by atoms with van der Waals surface area (Å²) in [5.41, 5.74) is 12.2. The molecule has 8 rings (SSSR count). The molecule has 2 heteroatoms. The first-order chi connectivity index (χ1) is 24.5. The van der Waals surface area contributed by atoms with E-state index in [1.165, 1.54) is 38.9 Å². The molecule has 0 bridgehead atoms. The molecule has 0 radical (unpaired) electrons. The van der Waals surface area contributed by atoms with Crippen molar-refractivity contribution < 1.29 is 0 Å². The maximum atomic E-state index is 4.56. The Morgan fingerprint density at radius 3 is 1.26 bits per heavy atom. The molecule has 0 N–H and O–H groups in total. The van der Waals surface area contributed by atoms with Crippen LogP contribution >= 0.6 is 0 Å². The van der Waals surface area contributed by atoms with Crippen molar-refractivity contribution in [3.05, 3.63) is 217 Å². The van der Waals surface area contributed by atoms with Crippen LogP contribution in [0.25, 0.3) is 44.4 Å². The van der Waals surface area contributed by atoms with E-state index < -0.39 is 0 Å². The molecule has 0 spiro atoms. The summed E-state index contributed by atoms with van der Waals surface area (Å²) in [5.74, 6) is 0.808. The zero-order valence-electron chi connectivity index (χ0n) is 29.4. The second-order valence-electron chi connectivity index (χ2n) is 12.1. The van der Waals surface area contributed by atoms with Gasteiger partial charge in [-0.05, 0) is 56.0 Å². The lowest BCUT2D eigenvalue weighted by Gasteiger charge is -2.06. The molecule has 50 heavy (non-hydrogen) atoms. The van der Waals surface area contributed by atoms with Crippen molar-refractivity contribution in [2.45, 2.75) is 27.7 Å². The van der Waals surface area contributed by atoms with Gasteiger partial charge in [-0.1, -0.05) is 205 Å². The number of fused-ring (bicyclic) bond motifs is 1. The zero-order chi connectivity index (χ0) is 35.0. The number of aryl methyl sites for hydroxylation is 4. The van der Waals surface area contributed by atoms with E-state index in [4.69, 9.17) is 0 Å². The maximum absolute atomic E-state index is 4.56. The van der Waals surface area contributed by atoms with Gasteiger partial charge in [0, 0.05) is 10.9 Å². The quantitative estimate of drug-likeness (QED) is 0.190. The zero-order valence-corrected chi connectivity index (χ0v) is 29.4. The first-order valence-electron chi connectivity index (χ1n) is 17.0. The Labute approximate surface area is 297 Å². The largest absolute Gasteiger partial charge is 0.233 e. The number of hydrogen-bond acceptors (Lipinski definition) is 2. The predicted octanol–water partition coefficient (Wildman–Crippen LogP) is 12.9. The fraction of sp³-hybridized carbons (Fsp3) is 0.0833. The molecule has 0 aliphatic heterocycles. The van der Waals surface area contributed by atoms with E-state index in [9.17, 15) is 0 Å². The molecule has 7 aromatic carbocycles. The Hall–Kier alpha value is -6.12. The summed E-state index contributed by atoms with van der Waals surface area (Å²) in [5, 5.41) is 1.10. The first kappa shape index (κ1) is 35.2. The topological polar surface area (TPSA) is 25.8 Å². The molecule has 0 saturated carbocycles. The van der Waals surface area contributed by atoms with Crippen LogP contribution < -0.4 is 0 Å². The van der Waals surface area contributed by atoms with Gasteiger partial charge in [0.15, 0.2) is 0 Å². The van der Waals surface area contributed by atoms with Crippen LogP contribution in [0.1, 0.15) is 22.5 Å². The van der Waals surface area contributed by atoms with Crippen molar-refractivity contribution in [2.24, 2.45) is 0 Å². The summed E-state index contributed by atoms with van der Waals surface area (Å²) in [6, 6.07) is 66.6. The SMILES string of the molecule is Cc1ccc(-c2ccccc2)cc1.Cc1cccc(-c2ccccc2)c1.Cc1ccccc1.Cc1nc(-c2ccccc2)c2ccccc2n1. The van der Waals surface area contributed by atoms with Crippen LogP contribution in [0.4, 0.5) is 0 Å². The van der Waals surface area contributed by atoms with Gasteiger partial charge in [0.2, 0.25) is 0 Å². The van der Waals surface area contributed by atoms with Crippen molar-refractivity contribution in [3.8, 4) is 33.5 Å². The second kappa shape index (κ2) is 18.4. The number of benzene rings is 7. The van der Waals surface area contributed by atoms with Gasteiger partial charge in [0.1, 0.15) is 5.82 Å². The summed E-state index contributed by atoms with van der Waals surface area (Å²) in [7, 11) is 0. The third-order valence-electron chi connectivity index (χ3n) is 7.99. The van der Waals surface area contributed by atoms with Crippen molar-refractivity contribution in [1.29, 1.82) is 0 Å². The first-order valence-corrected chi connectivity index (χ1v) is 17.0. The van der Waals surface area contributed by atoms with Gasteiger partial charge in [-0.15, -0.1) is 0 Å². The molecule has 1 aromatic heterocycles. The van der Waals surface area contributed by atoms with Crippen LogP contribution in [-0.4, -0.2) is 9.97 Å². The summed E-state index contributed by atoms with van der Waals surface area (Å²) in [4.78, 5) is 9.01. The van der Waals surface area contributed by atoms with Gasteiger partial charge >= 0.3 is 0 Å². The smallest absolute Gasteiger partial charge is 0.126 e. The normalized spacial score (nSPS) is 10.0. The van der Waals surface area contributed by atoms with Crippen LogP contribution in [-0.2, 0) is 0 Å².